The lowest BCUT2D eigenvalue weighted by Gasteiger charge is -2.17. The molecule has 2 N–H and O–H groups in total. The van der Waals surface area contributed by atoms with Gasteiger partial charge in [-0.05, 0) is 54.8 Å². The molecular formula is C16H17N3O. The Morgan fingerprint density at radius 1 is 1.30 bits per heavy atom. The van der Waals surface area contributed by atoms with Crippen LogP contribution in [-0.2, 0) is 13.0 Å². The molecule has 3 rings (SSSR count). The lowest BCUT2D eigenvalue weighted by molar-refractivity contribution is 0.102. The molecule has 1 aromatic heterocycles. The van der Waals surface area contributed by atoms with Crippen molar-refractivity contribution in [2.75, 3.05) is 11.9 Å². The first kappa shape index (κ1) is 12.8. The molecule has 0 unspecified atom stereocenters. The fourth-order valence-corrected chi connectivity index (χ4v) is 2.41. The summed E-state index contributed by atoms with van der Waals surface area (Å²) >= 11 is 0. The third-order valence-electron chi connectivity index (χ3n) is 3.64. The first-order chi connectivity index (χ1) is 9.74. The van der Waals surface area contributed by atoms with Gasteiger partial charge in [0.2, 0.25) is 0 Å². The van der Waals surface area contributed by atoms with Crippen LogP contribution in [0.15, 0.2) is 36.7 Å². The van der Waals surface area contributed by atoms with Crippen molar-refractivity contribution < 1.29 is 4.79 Å². The largest absolute Gasteiger partial charge is 0.320 e. The Kier molecular flexibility index (Phi) is 3.48. The predicted molar refractivity (Wildman–Crippen MR) is 78.8 cm³/mol. The normalized spacial score (nSPS) is 13.7. The number of nitrogens with zero attached hydrogens (tertiary/aromatic N) is 1. The molecule has 4 heteroatoms. The van der Waals surface area contributed by atoms with Crippen molar-refractivity contribution in [1.29, 1.82) is 0 Å². The molecule has 2 heterocycles. The van der Waals surface area contributed by atoms with Crippen LogP contribution in [0.2, 0.25) is 0 Å². The lowest BCUT2D eigenvalue weighted by atomic mass is 9.98. The zero-order valence-electron chi connectivity index (χ0n) is 11.4. The molecule has 1 aliphatic heterocycles. The van der Waals surface area contributed by atoms with Gasteiger partial charge in [-0.3, -0.25) is 9.78 Å². The number of carbonyl (C=O) groups excluding carboxylic acids is 1. The summed E-state index contributed by atoms with van der Waals surface area (Å²) in [6.45, 7) is 3.80. The molecule has 1 aromatic carbocycles. The SMILES string of the molecule is Cc1ccncc1NC(=O)c1ccc2c(c1)CNCC2. The van der Waals surface area contributed by atoms with Gasteiger partial charge >= 0.3 is 0 Å². The molecule has 20 heavy (non-hydrogen) atoms. The van der Waals surface area contributed by atoms with Gasteiger partial charge in [0.05, 0.1) is 11.9 Å². The molecular weight excluding hydrogens is 250 g/mol. The number of anilines is 1. The van der Waals surface area contributed by atoms with Crippen LogP contribution in [0.4, 0.5) is 5.69 Å². The Bertz CT molecular complexity index is 652. The summed E-state index contributed by atoms with van der Waals surface area (Å²) in [7, 11) is 0. The molecule has 0 saturated heterocycles. The fraction of sp³-hybridized carbons (Fsp3) is 0.250. The molecule has 1 amide bonds. The number of nitrogens with one attached hydrogen (secondary N) is 2. The summed E-state index contributed by atoms with van der Waals surface area (Å²) in [6, 6.07) is 7.81. The van der Waals surface area contributed by atoms with Gasteiger partial charge in [-0.15, -0.1) is 0 Å². The van der Waals surface area contributed by atoms with Crippen molar-refractivity contribution in [3.63, 3.8) is 0 Å². The van der Waals surface area contributed by atoms with Crippen molar-refractivity contribution in [1.82, 2.24) is 10.3 Å². The van der Waals surface area contributed by atoms with Crippen LogP contribution < -0.4 is 10.6 Å². The van der Waals surface area contributed by atoms with Crippen molar-refractivity contribution in [2.24, 2.45) is 0 Å². The second-order valence-corrected chi connectivity index (χ2v) is 5.05. The Hall–Kier alpha value is -2.20. The topological polar surface area (TPSA) is 54.0 Å². The van der Waals surface area contributed by atoms with Gasteiger partial charge in [-0.25, -0.2) is 0 Å². The summed E-state index contributed by atoms with van der Waals surface area (Å²) in [4.78, 5) is 16.3. The van der Waals surface area contributed by atoms with Gasteiger partial charge in [0.25, 0.3) is 5.91 Å². The van der Waals surface area contributed by atoms with E-state index in [-0.39, 0.29) is 5.91 Å². The van der Waals surface area contributed by atoms with Crippen LogP contribution in [0.5, 0.6) is 0 Å². The number of aromatic nitrogens is 1. The van der Waals surface area contributed by atoms with E-state index in [0.717, 1.165) is 30.8 Å². The number of pyridine rings is 1. The number of hydrogen-bond acceptors (Lipinski definition) is 3. The van der Waals surface area contributed by atoms with Gasteiger partial charge in [0, 0.05) is 18.3 Å². The highest BCUT2D eigenvalue weighted by Gasteiger charge is 2.13. The molecule has 0 atom stereocenters. The van der Waals surface area contributed by atoms with Gasteiger partial charge < -0.3 is 10.6 Å². The van der Waals surface area contributed by atoms with Crippen molar-refractivity contribution in [3.05, 3.63) is 58.9 Å². The molecule has 2 aromatic rings. The van der Waals surface area contributed by atoms with E-state index < -0.39 is 0 Å². The first-order valence-electron chi connectivity index (χ1n) is 6.78. The summed E-state index contributed by atoms with van der Waals surface area (Å²) in [5.41, 5.74) is 5.00. The molecule has 102 valence electrons. The molecule has 0 spiro atoms. The summed E-state index contributed by atoms with van der Waals surface area (Å²) < 4.78 is 0. The zero-order chi connectivity index (χ0) is 13.9. The van der Waals surface area contributed by atoms with E-state index in [2.05, 4.69) is 21.7 Å². The molecule has 1 aliphatic rings. The van der Waals surface area contributed by atoms with Crippen molar-refractivity contribution in [2.45, 2.75) is 19.9 Å². The molecule has 0 radical (unpaired) electrons. The number of carbonyl (C=O) groups is 1. The molecule has 4 nitrogen and oxygen atoms in total. The number of benzene rings is 1. The summed E-state index contributed by atoms with van der Waals surface area (Å²) in [6.07, 6.45) is 4.42. The number of rotatable bonds is 2. The van der Waals surface area contributed by atoms with E-state index >= 15 is 0 Å². The van der Waals surface area contributed by atoms with Crippen LogP contribution in [0.25, 0.3) is 0 Å². The van der Waals surface area contributed by atoms with E-state index in [0.29, 0.717) is 5.56 Å². The summed E-state index contributed by atoms with van der Waals surface area (Å²) in [5, 5.41) is 6.24. The highest BCUT2D eigenvalue weighted by molar-refractivity contribution is 6.04. The molecule has 0 aliphatic carbocycles. The quantitative estimate of drug-likeness (QED) is 0.877. The minimum absolute atomic E-state index is 0.0885. The molecule has 0 bridgehead atoms. The minimum atomic E-state index is -0.0885. The van der Waals surface area contributed by atoms with Crippen molar-refractivity contribution in [3.8, 4) is 0 Å². The van der Waals surface area contributed by atoms with E-state index in [1.165, 1.54) is 11.1 Å². The smallest absolute Gasteiger partial charge is 0.255 e. The highest BCUT2D eigenvalue weighted by atomic mass is 16.1. The van der Waals surface area contributed by atoms with Crippen LogP contribution >= 0.6 is 0 Å². The van der Waals surface area contributed by atoms with Crippen molar-refractivity contribution >= 4 is 11.6 Å². The second-order valence-electron chi connectivity index (χ2n) is 5.05. The average Bonchev–Trinajstić information content (AvgIpc) is 2.49. The van der Waals surface area contributed by atoms with Gasteiger partial charge in [-0.2, -0.15) is 0 Å². The average molecular weight is 267 g/mol. The number of hydrogen-bond donors (Lipinski definition) is 2. The maximum Gasteiger partial charge on any atom is 0.255 e. The molecule has 0 fully saturated rings. The Morgan fingerprint density at radius 2 is 2.20 bits per heavy atom. The maximum atomic E-state index is 12.3. The van der Waals surface area contributed by atoms with Gasteiger partial charge in [0.15, 0.2) is 0 Å². The van der Waals surface area contributed by atoms with Crippen LogP contribution in [0.3, 0.4) is 0 Å². The predicted octanol–water partition coefficient (Wildman–Crippen LogP) is 2.29. The standard InChI is InChI=1S/C16H17N3O/c1-11-4-6-18-10-15(11)19-16(20)13-3-2-12-5-7-17-9-14(12)8-13/h2-4,6,8,10,17H,5,7,9H2,1H3,(H,19,20). The van der Waals surface area contributed by atoms with Crippen LogP contribution in [-0.4, -0.2) is 17.4 Å². The van der Waals surface area contributed by atoms with Crippen LogP contribution in [0.1, 0.15) is 27.0 Å². The van der Waals surface area contributed by atoms with E-state index in [4.69, 9.17) is 0 Å². The Balaban J connectivity index is 1.82. The van der Waals surface area contributed by atoms with Gasteiger partial charge in [0.1, 0.15) is 0 Å². The maximum absolute atomic E-state index is 12.3. The third kappa shape index (κ3) is 2.56. The van der Waals surface area contributed by atoms with Crippen LogP contribution in [0, 0.1) is 6.92 Å². The zero-order valence-corrected chi connectivity index (χ0v) is 11.4. The molecule has 0 saturated carbocycles. The number of aryl methyl sites for hydroxylation is 1. The van der Waals surface area contributed by atoms with E-state index in [9.17, 15) is 4.79 Å². The highest BCUT2D eigenvalue weighted by Crippen LogP contribution is 2.18. The number of amides is 1. The van der Waals surface area contributed by atoms with E-state index in [1.54, 1.807) is 12.4 Å². The first-order valence-corrected chi connectivity index (χ1v) is 6.78. The third-order valence-corrected chi connectivity index (χ3v) is 3.64. The lowest BCUT2D eigenvalue weighted by Crippen LogP contribution is -2.24. The number of fused-ring (bicyclic) bond motifs is 1. The fourth-order valence-electron chi connectivity index (χ4n) is 2.41. The monoisotopic (exact) mass is 267 g/mol. The van der Waals surface area contributed by atoms with E-state index in [1.807, 2.05) is 25.1 Å². The minimum Gasteiger partial charge on any atom is -0.320 e. The Morgan fingerprint density at radius 3 is 3.05 bits per heavy atom. The Labute approximate surface area is 118 Å². The van der Waals surface area contributed by atoms with Gasteiger partial charge in [-0.1, -0.05) is 6.07 Å². The summed E-state index contributed by atoms with van der Waals surface area (Å²) in [5.74, 6) is -0.0885. The second kappa shape index (κ2) is 5.43.